The van der Waals surface area contributed by atoms with Crippen LogP contribution in [0.3, 0.4) is 0 Å². The topological polar surface area (TPSA) is 56.7 Å². The molecule has 120 valence electrons. The fraction of sp³-hybridized carbons (Fsp3) is 0.118. The zero-order valence-corrected chi connectivity index (χ0v) is 14.4. The molecule has 5 nitrogen and oxygen atoms in total. The number of aromatic nitrogens is 4. The van der Waals surface area contributed by atoms with Crippen molar-refractivity contribution in [2.45, 2.75) is 17.8 Å². The molecule has 0 bridgehead atoms. The van der Waals surface area contributed by atoms with Gasteiger partial charge in [-0.2, -0.15) is 0 Å². The number of benzene rings is 2. The molecule has 0 N–H and O–H groups in total. The van der Waals surface area contributed by atoms with Gasteiger partial charge in [-0.1, -0.05) is 41.6 Å². The van der Waals surface area contributed by atoms with Gasteiger partial charge in [0.2, 0.25) is 5.89 Å². The van der Waals surface area contributed by atoms with E-state index in [4.69, 9.17) is 16.0 Å². The zero-order chi connectivity index (χ0) is 16.5. The molecular formula is C17H13ClN4OS. The van der Waals surface area contributed by atoms with Crippen molar-refractivity contribution in [3.8, 4) is 5.69 Å². The maximum atomic E-state index is 6.22. The maximum Gasteiger partial charge on any atom is 0.205 e. The van der Waals surface area contributed by atoms with Crippen molar-refractivity contribution < 1.29 is 4.42 Å². The van der Waals surface area contributed by atoms with E-state index in [9.17, 15) is 0 Å². The summed E-state index contributed by atoms with van der Waals surface area (Å²) in [4.78, 5) is 4.47. The lowest BCUT2D eigenvalue weighted by atomic mass is 10.2. The van der Waals surface area contributed by atoms with E-state index in [0.29, 0.717) is 11.6 Å². The van der Waals surface area contributed by atoms with Gasteiger partial charge in [0.1, 0.15) is 11.8 Å². The molecule has 0 saturated heterocycles. The molecule has 4 rings (SSSR count). The number of aryl methyl sites for hydroxylation is 1. The van der Waals surface area contributed by atoms with E-state index in [1.165, 1.54) is 11.8 Å². The number of nitrogens with zero attached hydrogens (tertiary/aromatic N) is 4. The molecule has 0 saturated carbocycles. The van der Waals surface area contributed by atoms with Gasteiger partial charge in [-0.3, -0.25) is 4.57 Å². The molecule has 0 aliphatic heterocycles. The average Bonchev–Trinajstić information content (AvgIpc) is 3.21. The normalized spacial score (nSPS) is 11.2. The number of rotatable bonds is 4. The van der Waals surface area contributed by atoms with Gasteiger partial charge in [0, 0.05) is 5.02 Å². The summed E-state index contributed by atoms with van der Waals surface area (Å²) in [5, 5.41) is 9.66. The van der Waals surface area contributed by atoms with E-state index in [1.807, 2.05) is 54.0 Å². The Balaban J connectivity index is 1.57. The minimum atomic E-state index is 0.576. The highest BCUT2D eigenvalue weighted by molar-refractivity contribution is 7.98. The highest BCUT2D eigenvalue weighted by Crippen LogP contribution is 2.26. The first kappa shape index (κ1) is 15.2. The number of fused-ring (bicyclic) bond motifs is 1. The second-order valence-corrected chi connectivity index (χ2v) is 6.63. The van der Waals surface area contributed by atoms with Gasteiger partial charge >= 0.3 is 0 Å². The quantitative estimate of drug-likeness (QED) is 0.497. The summed E-state index contributed by atoms with van der Waals surface area (Å²) in [7, 11) is 0. The van der Waals surface area contributed by atoms with Crippen LogP contribution in [0.2, 0.25) is 5.02 Å². The van der Waals surface area contributed by atoms with E-state index in [2.05, 4.69) is 15.2 Å². The van der Waals surface area contributed by atoms with Crippen LogP contribution in [0.4, 0.5) is 0 Å². The SMILES string of the molecule is Cc1ccc(-n2cnnc2SCc2nc3ccccc3o2)cc1Cl. The Morgan fingerprint density at radius 3 is 2.92 bits per heavy atom. The summed E-state index contributed by atoms with van der Waals surface area (Å²) in [5.41, 5.74) is 3.62. The highest BCUT2D eigenvalue weighted by Gasteiger charge is 2.11. The van der Waals surface area contributed by atoms with Crippen LogP contribution < -0.4 is 0 Å². The number of para-hydroxylation sites is 2. The van der Waals surface area contributed by atoms with Crippen molar-refractivity contribution in [1.82, 2.24) is 19.7 Å². The van der Waals surface area contributed by atoms with Crippen LogP contribution in [0.15, 0.2) is 58.4 Å². The fourth-order valence-electron chi connectivity index (χ4n) is 2.34. The first-order valence-electron chi connectivity index (χ1n) is 7.34. The van der Waals surface area contributed by atoms with Gasteiger partial charge in [-0.25, -0.2) is 4.98 Å². The molecule has 2 aromatic heterocycles. The van der Waals surface area contributed by atoms with Gasteiger partial charge in [0.15, 0.2) is 10.7 Å². The average molecular weight is 357 g/mol. The second-order valence-electron chi connectivity index (χ2n) is 5.28. The molecule has 0 unspecified atom stereocenters. The largest absolute Gasteiger partial charge is 0.440 e. The molecule has 0 aliphatic rings. The van der Waals surface area contributed by atoms with Gasteiger partial charge in [-0.05, 0) is 36.8 Å². The van der Waals surface area contributed by atoms with Crippen molar-refractivity contribution in [2.75, 3.05) is 0 Å². The molecule has 4 aromatic rings. The monoisotopic (exact) mass is 356 g/mol. The summed E-state index contributed by atoms with van der Waals surface area (Å²) in [6.45, 7) is 1.97. The molecule has 0 spiro atoms. The molecule has 0 aliphatic carbocycles. The third-order valence-corrected chi connectivity index (χ3v) is 4.95. The summed E-state index contributed by atoms with van der Waals surface area (Å²) in [6.07, 6.45) is 1.68. The predicted octanol–water partition coefficient (Wildman–Crippen LogP) is 4.66. The van der Waals surface area contributed by atoms with Gasteiger partial charge < -0.3 is 4.42 Å². The first-order valence-corrected chi connectivity index (χ1v) is 8.71. The molecule has 7 heteroatoms. The Hall–Kier alpha value is -2.31. The predicted molar refractivity (Wildman–Crippen MR) is 94.7 cm³/mol. The minimum Gasteiger partial charge on any atom is -0.440 e. The number of hydrogen-bond donors (Lipinski definition) is 0. The summed E-state index contributed by atoms with van der Waals surface area (Å²) < 4.78 is 7.64. The van der Waals surface area contributed by atoms with Crippen LogP contribution in [0.25, 0.3) is 16.8 Å². The van der Waals surface area contributed by atoms with Gasteiger partial charge in [0.25, 0.3) is 0 Å². The van der Waals surface area contributed by atoms with E-state index in [-0.39, 0.29) is 0 Å². The van der Waals surface area contributed by atoms with Crippen LogP contribution in [-0.4, -0.2) is 19.7 Å². The fourth-order valence-corrected chi connectivity index (χ4v) is 3.29. The second kappa shape index (κ2) is 6.30. The lowest BCUT2D eigenvalue weighted by Crippen LogP contribution is -1.96. The summed E-state index contributed by atoms with van der Waals surface area (Å²) >= 11 is 7.73. The van der Waals surface area contributed by atoms with Crippen LogP contribution in [0, 0.1) is 6.92 Å². The standard InChI is InChI=1S/C17H13ClN4OS/c1-11-6-7-12(8-13(11)18)22-10-19-21-17(22)24-9-16-20-14-4-2-3-5-15(14)23-16/h2-8,10H,9H2,1H3. The molecule has 0 radical (unpaired) electrons. The maximum absolute atomic E-state index is 6.22. The first-order chi connectivity index (χ1) is 11.7. The van der Waals surface area contributed by atoms with Crippen LogP contribution in [0.5, 0.6) is 0 Å². The Bertz CT molecular complexity index is 978. The van der Waals surface area contributed by atoms with Crippen LogP contribution >= 0.6 is 23.4 Å². The van der Waals surface area contributed by atoms with Crippen molar-refractivity contribution >= 4 is 34.5 Å². The van der Waals surface area contributed by atoms with E-state index in [0.717, 1.165) is 32.5 Å². The smallest absolute Gasteiger partial charge is 0.205 e. The molecule has 0 fully saturated rings. The van der Waals surface area contributed by atoms with Crippen molar-refractivity contribution in [3.05, 3.63) is 65.3 Å². The number of halogens is 1. The van der Waals surface area contributed by atoms with Gasteiger partial charge in [-0.15, -0.1) is 10.2 Å². The Kier molecular flexibility index (Phi) is 4.00. The Labute approximate surface area is 147 Å². The molecule has 24 heavy (non-hydrogen) atoms. The lowest BCUT2D eigenvalue weighted by molar-refractivity contribution is 0.556. The zero-order valence-electron chi connectivity index (χ0n) is 12.8. The van der Waals surface area contributed by atoms with Crippen molar-refractivity contribution in [2.24, 2.45) is 0 Å². The third-order valence-electron chi connectivity index (χ3n) is 3.61. The molecule has 0 atom stereocenters. The van der Waals surface area contributed by atoms with Gasteiger partial charge in [0.05, 0.1) is 11.4 Å². The number of hydrogen-bond acceptors (Lipinski definition) is 5. The molecule has 2 aromatic carbocycles. The Morgan fingerprint density at radius 1 is 1.21 bits per heavy atom. The number of oxazole rings is 1. The van der Waals surface area contributed by atoms with Crippen LogP contribution in [-0.2, 0) is 5.75 Å². The Morgan fingerprint density at radius 2 is 2.08 bits per heavy atom. The molecule has 0 amide bonds. The third kappa shape index (κ3) is 2.90. The molecular weight excluding hydrogens is 344 g/mol. The highest BCUT2D eigenvalue weighted by atomic mass is 35.5. The number of thioether (sulfide) groups is 1. The summed E-state index contributed by atoms with van der Waals surface area (Å²) in [5.74, 6) is 1.24. The minimum absolute atomic E-state index is 0.576. The molecule has 2 heterocycles. The van der Waals surface area contributed by atoms with Crippen LogP contribution in [0.1, 0.15) is 11.5 Å². The summed E-state index contributed by atoms with van der Waals surface area (Å²) in [6, 6.07) is 13.6. The van der Waals surface area contributed by atoms with E-state index >= 15 is 0 Å². The van der Waals surface area contributed by atoms with Crippen molar-refractivity contribution in [1.29, 1.82) is 0 Å². The van der Waals surface area contributed by atoms with E-state index < -0.39 is 0 Å². The van der Waals surface area contributed by atoms with E-state index in [1.54, 1.807) is 6.33 Å². The van der Waals surface area contributed by atoms with Crippen molar-refractivity contribution in [3.63, 3.8) is 0 Å². The lowest BCUT2D eigenvalue weighted by Gasteiger charge is -2.07.